The molecule has 1 rings (SSSR count). The lowest BCUT2D eigenvalue weighted by Crippen LogP contribution is -2.45. The number of rotatable bonds is 3. The van der Waals surface area contributed by atoms with Gasteiger partial charge < -0.3 is 10.1 Å². The lowest BCUT2D eigenvalue weighted by molar-refractivity contribution is -0.109. The minimum atomic E-state index is -0.470. The lowest BCUT2D eigenvalue weighted by atomic mass is 9.86. The summed E-state index contributed by atoms with van der Waals surface area (Å²) in [6.45, 7) is 7.16. The Morgan fingerprint density at radius 1 is 1.26 bits per heavy atom. The van der Waals surface area contributed by atoms with Crippen LogP contribution < -0.4 is 5.32 Å². The van der Waals surface area contributed by atoms with Gasteiger partial charge in [0.05, 0.1) is 0 Å². The molecular weight excluding hydrogens is 262 g/mol. The Hall–Kier alpha value is -0.710. The third kappa shape index (κ3) is 6.85. The van der Waals surface area contributed by atoms with E-state index < -0.39 is 5.60 Å². The molecule has 1 fully saturated rings. The van der Waals surface area contributed by atoms with Crippen molar-refractivity contribution in [2.24, 2.45) is 5.92 Å². The molecule has 0 heterocycles. The Morgan fingerprint density at radius 3 is 2.47 bits per heavy atom. The zero-order valence-corrected chi connectivity index (χ0v) is 13.1. The SMILES string of the molecule is CC(=O)SCC1CCCCC1NC(=O)OC(C)(C)C. The topological polar surface area (TPSA) is 55.4 Å². The van der Waals surface area contributed by atoms with Crippen molar-refractivity contribution >= 4 is 23.0 Å². The number of amides is 1. The van der Waals surface area contributed by atoms with Crippen LogP contribution in [0.2, 0.25) is 0 Å². The first-order valence-corrected chi connectivity index (χ1v) is 7.89. The molecule has 0 saturated heterocycles. The lowest BCUT2D eigenvalue weighted by Gasteiger charge is -2.32. The maximum absolute atomic E-state index is 11.8. The van der Waals surface area contributed by atoms with E-state index in [2.05, 4.69) is 5.32 Å². The van der Waals surface area contributed by atoms with Gasteiger partial charge in [0.15, 0.2) is 5.12 Å². The highest BCUT2D eigenvalue weighted by atomic mass is 32.2. The second-order valence-electron chi connectivity index (χ2n) is 6.10. The van der Waals surface area contributed by atoms with E-state index in [0.717, 1.165) is 25.0 Å². The van der Waals surface area contributed by atoms with E-state index in [1.54, 1.807) is 6.92 Å². The molecule has 1 N–H and O–H groups in total. The number of nitrogens with one attached hydrogen (secondary N) is 1. The van der Waals surface area contributed by atoms with Crippen LogP contribution in [0.25, 0.3) is 0 Å². The van der Waals surface area contributed by atoms with Gasteiger partial charge in [-0.2, -0.15) is 0 Å². The Balaban J connectivity index is 2.47. The van der Waals surface area contributed by atoms with Gasteiger partial charge in [0, 0.05) is 18.7 Å². The van der Waals surface area contributed by atoms with Gasteiger partial charge in [-0.3, -0.25) is 4.79 Å². The van der Waals surface area contributed by atoms with Crippen molar-refractivity contribution in [1.82, 2.24) is 5.32 Å². The number of hydrogen-bond donors (Lipinski definition) is 1. The molecule has 110 valence electrons. The molecule has 4 nitrogen and oxygen atoms in total. The van der Waals surface area contributed by atoms with Crippen LogP contribution in [0, 0.1) is 5.92 Å². The van der Waals surface area contributed by atoms with Crippen molar-refractivity contribution < 1.29 is 14.3 Å². The van der Waals surface area contributed by atoms with Crippen LogP contribution in [-0.4, -0.2) is 28.6 Å². The summed E-state index contributed by atoms with van der Waals surface area (Å²) in [6.07, 6.45) is 4.00. The molecule has 0 bridgehead atoms. The number of carbonyl (C=O) groups excluding carboxylic acids is 2. The van der Waals surface area contributed by atoms with Gasteiger partial charge in [-0.15, -0.1) is 0 Å². The fraction of sp³-hybridized carbons (Fsp3) is 0.857. The molecule has 0 spiro atoms. The van der Waals surface area contributed by atoms with Crippen molar-refractivity contribution in [2.45, 2.75) is 65.0 Å². The van der Waals surface area contributed by atoms with Gasteiger partial charge in [-0.1, -0.05) is 24.6 Å². The predicted molar refractivity (Wildman–Crippen MR) is 78.3 cm³/mol. The summed E-state index contributed by atoms with van der Waals surface area (Å²) in [5.41, 5.74) is -0.470. The summed E-state index contributed by atoms with van der Waals surface area (Å²) >= 11 is 1.35. The van der Waals surface area contributed by atoms with Crippen LogP contribution in [0.15, 0.2) is 0 Å². The van der Waals surface area contributed by atoms with E-state index >= 15 is 0 Å². The van der Waals surface area contributed by atoms with E-state index in [1.165, 1.54) is 18.2 Å². The van der Waals surface area contributed by atoms with Crippen molar-refractivity contribution in [3.8, 4) is 0 Å². The van der Waals surface area contributed by atoms with Crippen molar-refractivity contribution in [2.75, 3.05) is 5.75 Å². The van der Waals surface area contributed by atoms with Gasteiger partial charge in [0.1, 0.15) is 5.60 Å². The minimum absolute atomic E-state index is 0.135. The third-order valence-corrected chi connectivity index (χ3v) is 4.11. The second-order valence-corrected chi connectivity index (χ2v) is 7.30. The molecule has 1 saturated carbocycles. The van der Waals surface area contributed by atoms with Crippen LogP contribution in [0.3, 0.4) is 0 Å². The van der Waals surface area contributed by atoms with Crippen molar-refractivity contribution in [3.05, 3.63) is 0 Å². The van der Waals surface area contributed by atoms with Crippen molar-refractivity contribution in [3.63, 3.8) is 0 Å². The summed E-state index contributed by atoms with van der Waals surface area (Å²) in [7, 11) is 0. The smallest absolute Gasteiger partial charge is 0.407 e. The first-order valence-electron chi connectivity index (χ1n) is 6.91. The number of ether oxygens (including phenoxy) is 1. The minimum Gasteiger partial charge on any atom is -0.444 e. The van der Waals surface area contributed by atoms with E-state index in [-0.39, 0.29) is 17.3 Å². The van der Waals surface area contributed by atoms with Crippen LogP contribution in [-0.2, 0) is 9.53 Å². The third-order valence-electron chi connectivity index (χ3n) is 3.11. The Labute approximate surface area is 120 Å². The molecule has 2 unspecified atom stereocenters. The molecule has 1 aliphatic rings. The molecule has 0 radical (unpaired) electrons. The average Bonchev–Trinajstić information content (AvgIpc) is 2.25. The first-order chi connectivity index (χ1) is 8.78. The fourth-order valence-electron chi connectivity index (χ4n) is 2.28. The molecule has 0 aromatic heterocycles. The van der Waals surface area contributed by atoms with Gasteiger partial charge in [0.25, 0.3) is 0 Å². The van der Waals surface area contributed by atoms with E-state index in [1.807, 2.05) is 20.8 Å². The fourth-order valence-corrected chi connectivity index (χ4v) is 3.13. The molecule has 1 amide bonds. The van der Waals surface area contributed by atoms with Crippen LogP contribution in [0.5, 0.6) is 0 Å². The summed E-state index contributed by atoms with van der Waals surface area (Å²) in [6, 6.07) is 0.135. The first kappa shape index (κ1) is 16.3. The normalized spacial score (nSPS) is 23.8. The van der Waals surface area contributed by atoms with Crippen LogP contribution in [0.1, 0.15) is 53.4 Å². The molecular formula is C14H25NO3S. The molecule has 19 heavy (non-hydrogen) atoms. The van der Waals surface area contributed by atoms with Crippen LogP contribution in [0.4, 0.5) is 4.79 Å². The maximum Gasteiger partial charge on any atom is 0.407 e. The van der Waals surface area contributed by atoms with Gasteiger partial charge in [-0.25, -0.2) is 4.79 Å². The number of alkyl carbamates (subject to hydrolysis) is 1. The van der Waals surface area contributed by atoms with Crippen LogP contribution >= 0.6 is 11.8 Å². The quantitative estimate of drug-likeness (QED) is 0.865. The maximum atomic E-state index is 11.8. The van der Waals surface area contributed by atoms with E-state index in [0.29, 0.717) is 5.92 Å². The molecule has 2 atom stereocenters. The standard InChI is InChI=1S/C14H25NO3S/c1-10(16)19-9-11-7-5-6-8-12(11)15-13(17)18-14(2,3)4/h11-12H,5-9H2,1-4H3,(H,15,17). The highest BCUT2D eigenvalue weighted by molar-refractivity contribution is 8.13. The number of thioether (sulfide) groups is 1. The average molecular weight is 287 g/mol. The van der Waals surface area contributed by atoms with Gasteiger partial charge in [-0.05, 0) is 39.5 Å². The Bertz CT molecular complexity index is 325. The number of hydrogen-bond acceptors (Lipinski definition) is 4. The Kier molecular flexibility index (Phi) is 6.17. The highest BCUT2D eigenvalue weighted by Gasteiger charge is 2.28. The zero-order valence-electron chi connectivity index (χ0n) is 12.3. The summed E-state index contributed by atoms with van der Waals surface area (Å²) in [5, 5.41) is 3.10. The summed E-state index contributed by atoms with van der Waals surface area (Å²) in [5.74, 6) is 1.16. The predicted octanol–water partition coefficient (Wildman–Crippen LogP) is 3.35. The van der Waals surface area contributed by atoms with E-state index in [4.69, 9.17) is 4.74 Å². The largest absolute Gasteiger partial charge is 0.444 e. The number of carbonyl (C=O) groups is 2. The van der Waals surface area contributed by atoms with Gasteiger partial charge >= 0.3 is 6.09 Å². The molecule has 0 aromatic rings. The summed E-state index contributed by atoms with van der Waals surface area (Å²) in [4.78, 5) is 22.9. The van der Waals surface area contributed by atoms with Gasteiger partial charge in [0.2, 0.25) is 0 Å². The Morgan fingerprint density at radius 2 is 1.89 bits per heavy atom. The molecule has 0 aliphatic heterocycles. The molecule has 5 heteroatoms. The molecule has 1 aliphatic carbocycles. The second kappa shape index (κ2) is 7.17. The zero-order chi connectivity index (χ0) is 14.5. The van der Waals surface area contributed by atoms with E-state index in [9.17, 15) is 9.59 Å². The highest BCUT2D eigenvalue weighted by Crippen LogP contribution is 2.28. The van der Waals surface area contributed by atoms with Crippen molar-refractivity contribution in [1.29, 1.82) is 0 Å². The summed E-state index contributed by atoms with van der Waals surface area (Å²) < 4.78 is 5.29. The monoisotopic (exact) mass is 287 g/mol. The molecule has 0 aromatic carbocycles.